The van der Waals surface area contributed by atoms with Crippen molar-refractivity contribution in [2.24, 2.45) is 0 Å². The molecule has 0 aromatic heterocycles. The van der Waals surface area contributed by atoms with Gasteiger partial charge in [-0.3, -0.25) is 0 Å². The average molecular weight is 661 g/mol. The Morgan fingerprint density at radius 3 is 0.776 bits per heavy atom. The molecule has 0 amide bonds. The number of benzene rings is 6. The molecule has 0 saturated heterocycles. The van der Waals surface area contributed by atoms with Gasteiger partial charge in [0.15, 0.2) is 0 Å². The number of para-hydroxylation sites is 3. The lowest BCUT2D eigenvalue weighted by Gasteiger charge is -2.04. The molecule has 262 valence electrons. The summed E-state index contributed by atoms with van der Waals surface area (Å²) in [5.74, 6) is 1.62. The number of aromatic hydroxyl groups is 3. The number of phenols is 3. The smallest absolute Gasteiger partial charge is 0.115 e. The van der Waals surface area contributed by atoms with Gasteiger partial charge in [0.2, 0.25) is 0 Å². The van der Waals surface area contributed by atoms with Crippen molar-refractivity contribution in [1.29, 1.82) is 0 Å². The number of hydrogen-bond donors (Lipinski definition) is 3. The first kappa shape index (κ1) is 45.8. The van der Waals surface area contributed by atoms with Gasteiger partial charge in [-0.05, 0) is 83.0 Å². The molecule has 6 aromatic carbocycles. The van der Waals surface area contributed by atoms with Crippen LogP contribution in [0.3, 0.4) is 0 Å². The predicted molar refractivity (Wildman–Crippen MR) is 216 cm³/mol. The van der Waals surface area contributed by atoms with Crippen molar-refractivity contribution in [3.63, 3.8) is 0 Å². The summed E-state index contributed by atoms with van der Waals surface area (Å²) in [6.07, 6.45) is 2.21. The molecule has 3 N–H and O–H groups in total. The van der Waals surface area contributed by atoms with Crippen LogP contribution in [0.1, 0.15) is 72.6 Å². The highest BCUT2D eigenvalue weighted by Crippen LogP contribution is 2.20. The van der Waals surface area contributed by atoms with Crippen LogP contribution in [0.25, 0.3) is 11.1 Å². The van der Waals surface area contributed by atoms with E-state index in [1.807, 2.05) is 24.3 Å². The van der Waals surface area contributed by atoms with Crippen molar-refractivity contribution in [2.45, 2.75) is 68.7 Å². The molecule has 0 bridgehead atoms. The zero-order chi connectivity index (χ0) is 33.4. The number of hydrogen-bond acceptors (Lipinski definition) is 3. The third kappa shape index (κ3) is 20.5. The Bertz CT molecular complexity index is 1410. The molecule has 0 unspecified atom stereocenters. The second-order valence-electron chi connectivity index (χ2n) is 10.7. The molecule has 0 aliphatic heterocycles. The van der Waals surface area contributed by atoms with E-state index < -0.39 is 0 Å². The van der Waals surface area contributed by atoms with Gasteiger partial charge in [-0.2, -0.15) is 0 Å². The lowest BCUT2D eigenvalue weighted by atomic mass is 10.0. The lowest BCUT2D eigenvalue weighted by molar-refractivity contribution is 0.475. The molecule has 6 rings (SSSR count). The number of aryl methyl sites for hydroxylation is 2. The molecule has 3 nitrogen and oxygen atoms in total. The van der Waals surface area contributed by atoms with Crippen molar-refractivity contribution in [1.82, 2.24) is 0 Å². The van der Waals surface area contributed by atoms with Gasteiger partial charge in [-0.1, -0.05) is 183 Å². The number of rotatable bonds is 4. The second kappa shape index (κ2) is 27.8. The van der Waals surface area contributed by atoms with Crippen molar-refractivity contribution in [3.8, 4) is 28.4 Å². The summed E-state index contributed by atoms with van der Waals surface area (Å²) in [6, 6.07) is 54.3. The van der Waals surface area contributed by atoms with Crippen LogP contribution >= 0.6 is 0 Å². The van der Waals surface area contributed by atoms with Crippen LogP contribution in [-0.4, -0.2) is 15.3 Å². The summed E-state index contributed by atoms with van der Waals surface area (Å²) in [5.41, 5.74) is 6.82. The van der Waals surface area contributed by atoms with Crippen LogP contribution in [0.5, 0.6) is 17.2 Å². The summed E-state index contributed by atoms with van der Waals surface area (Å²) in [5, 5.41) is 25.9. The minimum Gasteiger partial charge on any atom is -0.508 e. The Morgan fingerprint density at radius 1 is 0.367 bits per heavy atom. The molecule has 3 heteroatoms. The minimum absolute atomic E-state index is 0. The SMILES string of the molecule is C.C.C.CC(C)c1ccccc1.CCc1ccc(-c2ccc(CC)cc2)cc1.Oc1ccccc1.Oc1ccccc1.Oc1ccccc1. The van der Waals surface area contributed by atoms with Gasteiger partial charge < -0.3 is 15.3 Å². The van der Waals surface area contributed by atoms with E-state index in [2.05, 4.69) is 100 Å². The molecule has 0 aliphatic rings. The zero-order valence-electron chi connectivity index (χ0n) is 27.5. The third-order valence-electron chi connectivity index (χ3n) is 6.79. The summed E-state index contributed by atoms with van der Waals surface area (Å²) in [4.78, 5) is 0. The van der Waals surface area contributed by atoms with Crippen molar-refractivity contribution >= 4 is 0 Å². The molecule has 0 fully saturated rings. The molecule has 0 aliphatic carbocycles. The Balaban J connectivity index is 0. The highest BCUT2D eigenvalue weighted by molar-refractivity contribution is 5.64. The van der Waals surface area contributed by atoms with Gasteiger partial charge in [0.1, 0.15) is 17.2 Å². The van der Waals surface area contributed by atoms with Gasteiger partial charge >= 0.3 is 0 Å². The first-order chi connectivity index (χ1) is 22.3. The van der Waals surface area contributed by atoms with Crippen LogP contribution in [0.2, 0.25) is 0 Å². The maximum absolute atomic E-state index is 8.63. The van der Waals surface area contributed by atoms with Crippen molar-refractivity contribution in [3.05, 3.63) is 187 Å². The Morgan fingerprint density at radius 2 is 0.612 bits per heavy atom. The Kier molecular flexibility index (Phi) is 26.0. The van der Waals surface area contributed by atoms with Crippen LogP contribution in [0, 0.1) is 0 Å². The highest BCUT2D eigenvalue weighted by Gasteiger charge is 1.97. The van der Waals surface area contributed by atoms with Gasteiger partial charge in [0, 0.05) is 0 Å². The Hall–Kier alpha value is -5.28. The maximum atomic E-state index is 8.63. The van der Waals surface area contributed by atoms with Crippen LogP contribution < -0.4 is 0 Å². The van der Waals surface area contributed by atoms with Crippen LogP contribution in [0.4, 0.5) is 0 Å². The summed E-state index contributed by atoms with van der Waals surface area (Å²) in [6.45, 7) is 8.78. The van der Waals surface area contributed by atoms with E-state index in [9.17, 15) is 0 Å². The van der Waals surface area contributed by atoms with Crippen LogP contribution in [-0.2, 0) is 12.8 Å². The van der Waals surface area contributed by atoms with Crippen LogP contribution in [0.15, 0.2) is 170 Å². The molecule has 49 heavy (non-hydrogen) atoms. The Labute approximate surface area is 298 Å². The van der Waals surface area contributed by atoms with E-state index >= 15 is 0 Å². The standard InChI is InChI=1S/C16H18.C9H12.3C6H6O.3CH4/c1-3-13-5-9-15(10-6-13)16-11-7-14(4-2)8-12-16;1-8(2)9-6-4-3-5-7-9;3*7-6-4-2-1-3-5-6;;;/h5-12H,3-4H2,1-2H3;3-8H,1-2H3;3*1-5,7H;3*1H4. The van der Waals surface area contributed by atoms with Crippen molar-refractivity contribution < 1.29 is 15.3 Å². The fourth-order valence-electron chi connectivity index (χ4n) is 3.99. The van der Waals surface area contributed by atoms with E-state index in [4.69, 9.17) is 15.3 Å². The monoisotopic (exact) mass is 660 g/mol. The van der Waals surface area contributed by atoms with Crippen molar-refractivity contribution in [2.75, 3.05) is 0 Å². The van der Waals surface area contributed by atoms with Gasteiger partial charge in [0.05, 0.1) is 0 Å². The molecule has 6 aromatic rings. The quantitative estimate of drug-likeness (QED) is 0.176. The third-order valence-corrected chi connectivity index (χ3v) is 6.79. The van der Waals surface area contributed by atoms with E-state index in [0.29, 0.717) is 23.2 Å². The van der Waals surface area contributed by atoms with E-state index in [1.54, 1.807) is 72.8 Å². The van der Waals surface area contributed by atoms with Gasteiger partial charge in [-0.25, -0.2) is 0 Å². The molecular formula is C46H60O3. The molecule has 0 spiro atoms. The molecule has 0 radical (unpaired) electrons. The van der Waals surface area contributed by atoms with E-state index in [1.165, 1.54) is 27.8 Å². The van der Waals surface area contributed by atoms with Gasteiger partial charge in [-0.15, -0.1) is 0 Å². The topological polar surface area (TPSA) is 60.7 Å². The van der Waals surface area contributed by atoms with Gasteiger partial charge in [0.25, 0.3) is 0 Å². The fourth-order valence-corrected chi connectivity index (χ4v) is 3.99. The first-order valence-electron chi connectivity index (χ1n) is 15.8. The lowest BCUT2D eigenvalue weighted by Crippen LogP contribution is -1.83. The van der Waals surface area contributed by atoms with E-state index in [0.717, 1.165) is 12.8 Å². The molecule has 0 heterocycles. The first-order valence-corrected chi connectivity index (χ1v) is 15.8. The van der Waals surface area contributed by atoms with E-state index in [-0.39, 0.29) is 22.3 Å². The predicted octanol–water partition coefficient (Wildman–Crippen LogP) is 13.4. The summed E-state index contributed by atoms with van der Waals surface area (Å²) >= 11 is 0. The summed E-state index contributed by atoms with van der Waals surface area (Å²) < 4.78 is 0. The zero-order valence-corrected chi connectivity index (χ0v) is 27.5. The number of phenolic OH excluding ortho intramolecular Hbond substituents is 3. The fraction of sp³-hybridized carbons (Fsp3) is 0.217. The molecular weight excluding hydrogens is 601 g/mol. The minimum atomic E-state index is 0. The molecule has 0 atom stereocenters. The maximum Gasteiger partial charge on any atom is 0.115 e. The molecule has 0 saturated carbocycles. The largest absolute Gasteiger partial charge is 0.508 e. The summed E-state index contributed by atoms with van der Waals surface area (Å²) in [7, 11) is 0. The normalized spacial score (nSPS) is 8.92. The highest BCUT2D eigenvalue weighted by atomic mass is 16.3. The second-order valence-corrected chi connectivity index (χ2v) is 10.7. The average Bonchev–Trinajstić information content (AvgIpc) is 3.11.